The van der Waals surface area contributed by atoms with Crippen molar-refractivity contribution in [1.82, 2.24) is 9.55 Å². The van der Waals surface area contributed by atoms with E-state index in [2.05, 4.69) is 15.6 Å². The first-order chi connectivity index (χ1) is 12.2. The third kappa shape index (κ3) is 2.75. The number of hydrogen-bond acceptors (Lipinski definition) is 3. The van der Waals surface area contributed by atoms with Gasteiger partial charge in [-0.25, -0.2) is 9.78 Å². The van der Waals surface area contributed by atoms with Gasteiger partial charge in [0.25, 0.3) is 0 Å². The van der Waals surface area contributed by atoms with E-state index < -0.39 is 0 Å². The van der Waals surface area contributed by atoms with Gasteiger partial charge in [0.1, 0.15) is 5.65 Å². The van der Waals surface area contributed by atoms with Gasteiger partial charge in [-0.2, -0.15) is 0 Å². The Kier molecular flexibility index (Phi) is 3.90. The summed E-state index contributed by atoms with van der Waals surface area (Å²) < 4.78 is 6.95. The Morgan fingerprint density at radius 3 is 2.76 bits per heavy atom. The lowest BCUT2D eigenvalue weighted by molar-refractivity contribution is 0.0600. The average molecular weight is 351 g/mol. The van der Waals surface area contributed by atoms with Crippen LogP contribution in [0.4, 0.5) is 0 Å². The maximum absolute atomic E-state index is 11.8. The number of rotatable bonds is 3. The number of pyridine rings is 1. The summed E-state index contributed by atoms with van der Waals surface area (Å²) in [6.07, 6.45) is 1.56. The highest BCUT2D eigenvalue weighted by atomic mass is 35.5. The van der Waals surface area contributed by atoms with E-state index in [-0.39, 0.29) is 5.97 Å². The van der Waals surface area contributed by atoms with Crippen LogP contribution in [-0.2, 0) is 11.3 Å². The van der Waals surface area contributed by atoms with E-state index in [1.165, 1.54) is 7.11 Å². The fourth-order valence-corrected chi connectivity index (χ4v) is 3.34. The van der Waals surface area contributed by atoms with Gasteiger partial charge in [-0.15, -0.1) is 0 Å². The predicted octanol–water partition coefficient (Wildman–Crippen LogP) is 4.68. The van der Waals surface area contributed by atoms with E-state index in [9.17, 15) is 4.79 Å². The van der Waals surface area contributed by atoms with Crippen molar-refractivity contribution in [3.05, 3.63) is 76.9 Å². The SMILES string of the molecule is COC(=O)c1cnc2c(c1)c1ccccc1n2Cc1cccc(Cl)c1. The fourth-order valence-electron chi connectivity index (χ4n) is 3.13. The van der Waals surface area contributed by atoms with Crippen LogP contribution in [0.1, 0.15) is 15.9 Å². The molecule has 0 fully saturated rings. The van der Waals surface area contributed by atoms with Crippen LogP contribution in [0.25, 0.3) is 21.9 Å². The number of para-hydroxylation sites is 1. The topological polar surface area (TPSA) is 44.1 Å². The Hall–Kier alpha value is -2.85. The highest BCUT2D eigenvalue weighted by molar-refractivity contribution is 6.30. The Morgan fingerprint density at radius 1 is 1.12 bits per heavy atom. The standard InChI is InChI=1S/C20H15ClN2O2/c1-25-20(24)14-10-17-16-7-2-3-8-18(16)23(19(17)22-11-14)12-13-5-4-6-15(21)9-13/h2-11H,12H2,1H3. The van der Waals surface area contributed by atoms with E-state index in [1.54, 1.807) is 6.20 Å². The number of ether oxygens (including phenoxy) is 1. The number of nitrogens with zero attached hydrogens (tertiary/aromatic N) is 2. The fraction of sp³-hybridized carbons (Fsp3) is 0.100. The van der Waals surface area contributed by atoms with Gasteiger partial charge in [-0.1, -0.05) is 41.9 Å². The number of halogens is 1. The average Bonchev–Trinajstić information content (AvgIpc) is 2.95. The number of benzene rings is 2. The molecular formula is C20H15ClN2O2. The molecule has 124 valence electrons. The molecule has 2 aromatic carbocycles. The number of hydrogen-bond donors (Lipinski definition) is 0. The van der Waals surface area contributed by atoms with Crippen LogP contribution in [-0.4, -0.2) is 22.6 Å². The molecule has 0 saturated carbocycles. The van der Waals surface area contributed by atoms with E-state index in [1.807, 2.05) is 48.5 Å². The molecule has 0 spiro atoms. The summed E-state index contributed by atoms with van der Waals surface area (Å²) in [5, 5.41) is 2.69. The second kappa shape index (κ2) is 6.22. The van der Waals surface area contributed by atoms with Crippen LogP contribution in [0.5, 0.6) is 0 Å². The number of methoxy groups -OCH3 is 1. The first kappa shape index (κ1) is 15.7. The maximum atomic E-state index is 11.8. The number of carbonyl (C=O) groups is 1. The van der Waals surface area contributed by atoms with Crippen LogP contribution >= 0.6 is 11.6 Å². The monoisotopic (exact) mass is 350 g/mol. The van der Waals surface area contributed by atoms with Crippen molar-refractivity contribution in [3.8, 4) is 0 Å². The largest absolute Gasteiger partial charge is 0.465 e. The number of esters is 1. The second-order valence-corrected chi connectivity index (χ2v) is 6.26. The predicted molar refractivity (Wildman–Crippen MR) is 99.1 cm³/mol. The summed E-state index contributed by atoms with van der Waals surface area (Å²) in [5.74, 6) is -0.388. The van der Waals surface area contributed by atoms with E-state index in [0.29, 0.717) is 17.1 Å². The Morgan fingerprint density at radius 2 is 1.96 bits per heavy atom. The molecule has 4 aromatic rings. The highest BCUT2D eigenvalue weighted by Crippen LogP contribution is 2.29. The first-order valence-corrected chi connectivity index (χ1v) is 8.25. The van der Waals surface area contributed by atoms with Crippen molar-refractivity contribution in [1.29, 1.82) is 0 Å². The van der Waals surface area contributed by atoms with Gasteiger partial charge in [-0.3, -0.25) is 0 Å². The summed E-state index contributed by atoms with van der Waals surface area (Å²) in [6.45, 7) is 0.648. The van der Waals surface area contributed by atoms with Crippen LogP contribution in [0.2, 0.25) is 5.02 Å². The third-order valence-corrected chi connectivity index (χ3v) is 4.49. The molecule has 2 aromatic heterocycles. The molecule has 0 saturated heterocycles. The van der Waals surface area contributed by atoms with E-state index >= 15 is 0 Å². The number of carbonyl (C=O) groups excluding carboxylic acids is 1. The normalized spacial score (nSPS) is 11.1. The van der Waals surface area contributed by atoms with Crippen molar-refractivity contribution in [2.45, 2.75) is 6.54 Å². The third-order valence-electron chi connectivity index (χ3n) is 4.26. The van der Waals surface area contributed by atoms with Crippen LogP contribution in [0.3, 0.4) is 0 Å². The minimum Gasteiger partial charge on any atom is -0.465 e. The number of aromatic nitrogens is 2. The molecule has 4 rings (SSSR count). The molecule has 0 bridgehead atoms. The van der Waals surface area contributed by atoms with Crippen molar-refractivity contribution in [2.75, 3.05) is 7.11 Å². The minimum atomic E-state index is -0.388. The van der Waals surface area contributed by atoms with Crippen LogP contribution in [0.15, 0.2) is 60.8 Å². The molecule has 0 N–H and O–H groups in total. The zero-order valence-corrected chi connectivity index (χ0v) is 14.3. The summed E-state index contributed by atoms with van der Waals surface area (Å²) in [4.78, 5) is 16.4. The molecule has 2 heterocycles. The molecule has 25 heavy (non-hydrogen) atoms. The van der Waals surface area contributed by atoms with Gasteiger partial charge < -0.3 is 9.30 Å². The van der Waals surface area contributed by atoms with Crippen molar-refractivity contribution in [2.24, 2.45) is 0 Å². The zero-order chi connectivity index (χ0) is 17.4. The lowest BCUT2D eigenvalue weighted by Crippen LogP contribution is -2.03. The summed E-state index contributed by atoms with van der Waals surface area (Å²) >= 11 is 6.12. The summed E-state index contributed by atoms with van der Waals surface area (Å²) in [5.41, 5.74) is 3.43. The quantitative estimate of drug-likeness (QED) is 0.504. The molecule has 0 unspecified atom stereocenters. The van der Waals surface area contributed by atoms with E-state index in [4.69, 9.17) is 16.3 Å². The lowest BCUT2D eigenvalue weighted by Gasteiger charge is -2.07. The molecule has 0 atom stereocenters. The molecule has 0 radical (unpaired) electrons. The van der Waals surface area contributed by atoms with Crippen LogP contribution < -0.4 is 0 Å². The minimum absolute atomic E-state index is 0.388. The van der Waals surface area contributed by atoms with Crippen molar-refractivity contribution in [3.63, 3.8) is 0 Å². The summed E-state index contributed by atoms with van der Waals surface area (Å²) in [6, 6.07) is 17.7. The Balaban J connectivity index is 1.94. The molecule has 4 nitrogen and oxygen atoms in total. The zero-order valence-electron chi connectivity index (χ0n) is 13.6. The van der Waals surface area contributed by atoms with Crippen molar-refractivity contribution >= 4 is 39.5 Å². The smallest absolute Gasteiger partial charge is 0.339 e. The van der Waals surface area contributed by atoms with Gasteiger partial charge in [0.05, 0.1) is 18.2 Å². The Labute approximate surface area is 149 Å². The van der Waals surface area contributed by atoms with Gasteiger partial charge in [-0.05, 0) is 29.8 Å². The maximum Gasteiger partial charge on any atom is 0.339 e. The Bertz CT molecular complexity index is 1100. The van der Waals surface area contributed by atoms with Crippen LogP contribution in [0, 0.1) is 0 Å². The highest BCUT2D eigenvalue weighted by Gasteiger charge is 2.15. The van der Waals surface area contributed by atoms with Gasteiger partial charge >= 0.3 is 5.97 Å². The van der Waals surface area contributed by atoms with Gasteiger partial charge in [0.15, 0.2) is 0 Å². The lowest BCUT2D eigenvalue weighted by atomic mass is 10.1. The second-order valence-electron chi connectivity index (χ2n) is 5.82. The molecule has 0 aliphatic carbocycles. The molecular weight excluding hydrogens is 336 g/mol. The number of fused-ring (bicyclic) bond motifs is 3. The summed E-state index contributed by atoms with van der Waals surface area (Å²) in [7, 11) is 1.37. The van der Waals surface area contributed by atoms with E-state index in [0.717, 1.165) is 27.5 Å². The van der Waals surface area contributed by atoms with Crippen molar-refractivity contribution < 1.29 is 9.53 Å². The first-order valence-electron chi connectivity index (χ1n) is 7.87. The van der Waals surface area contributed by atoms with Gasteiger partial charge in [0.2, 0.25) is 0 Å². The van der Waals surface area contributed by atoms with Gasteiger partial charge in [0, 0.05) is 28.5 Å². The molecule has 0 aliphatic heterocycles. The molecule has 5 heteroatoms. The molecule has 0 aliphatic rings. The molecule has 0 amide bonds.